The minimum atomic E-state index is -0.380. The highest BCUT2D eigenvalue weighted by atomic mass is 32.2. The molecule has 0 radical (unpaired) electrons. The number of carbonyl (C=O) groups excluding carboxylic acids is 1. The number of nitrogens with zero attached hydrogens (tertiary/aromatic N) is 6. The van der Waals surface area contributed by atoms with Gasteiger partial charge >= 0.3 is 5.97 Å². The number of carbonyl (C=O) groups is 1. The van der Waals surface area contributed by atoms with Crippen molar-refractivity contribution < 1.29 is 14.3 Å². The van der Waals surface area contributed by atoms with Crippen molar-refractivity contribution in [2.24, 2.45) is 7.05 Å². The first-order valence-corrected chi connectivity index (χ1v) is 12.6. The number of ether oxygens (including phenoxy) is 2. The molecule has 0 aromatic carbocycles. The Labute approximate surface area is 185 Å². The zero-order valence-corrected chi connectivity index (χ0v) is 19.1. The van der Waals surface area contributed by atoms with E-state index in [-0.39, 0.29) is 23.0 Å². The molecule has 0 bridgehead atoms. The third-order valence-electron chi connectivity index (χ3n) is 6.29. The fraction of sp³-hybridized carbons (Fsp3) is 0.619. The summed E-state index contributed by atoms with van der Waals surface area (Å²) in [7, 11) is 4.17. The fourth-order valence-electron chi connectivity index (χ4n) is 4.38. The van der Waals surface area contributed by atoms with Crippen molar-refractivity contribution in [3.05, 3.63) is 23.9 Å². The first-order valence-electron chi connectivity index (χ1n) is 10.8. The van der Waals surface area contributed by atoms with Gasteiger partial charge in [-0.2, -0.15) is 4.98 Å². The van der Waals surface area contributed by atoms with E-state index in [4.69, 9.17) is 19.4 Å². The number of hydrogen-bond acceptors (Lipinski definition) is 8. The van der Waals surface area contributed by atoms with Gasteiger partial charge in [-0.3, -0.25) is 0 Å². The van der Waals surface area contributed by atoms with E-state index in [0.717, 1.165) is 50.0 Å². The molecule has 2 saturated heterocycles. The van der Waals surface area contributed by atoms with Crippen molar-refractivity contribution in [2.75, 3.05) is 55.2 Å². The number of anilines is 2. The van der Waals surface area contributed by atoms with E-state index in [1.165, 1.54) is 10.6 Å². The third-order valence-corrected chi connectivity index (χ3v) is 8.22. The van der Waals surface area contributed by atoms with Crippen LogP contribution < -0.4 is 9.80 Å². The highest BCUT2D eigenvalue weighted by molar-refractivity contribution is 7.96. The first-order chi connectivity index (χ1) is 15.0. The Morgan fingerprint density at radius 3 is 2.77 bits per heavy atom. The molecule has 0 saturated carbocycles. The molecule has 31 heavy (non-hydrogen) atoms. The Bertz CT molecular complexity index is 970. The standard InChI is InChI=1S/C21H29N6O3S/c1-25-12-17(22-13-25)20(28)30-15-10-27(11-15)21-23-16-6-9-31(3)18(16)19(24-21)26(2)14-4-7-29-8-5-14/h12-15H,4-11H2,1-3H3/q+1. The maximum absolute atomic E-state index is 12.2. The Kier molecular flexibility index (Phi) is 5.51. The molecular weight excluding hydrogens is 416 g/mol. The van der Waals surface area contributed by atoms with Crippen molar-refractivity contribution in [1.29, 1.82) is 0 Å². The van der Waals surface area contributed by atoms with Crippen molar-refractivity contribution in [1.82, 2.24) is 19.5 Å². The lowest BCUT2D eigenvalue weighted by Crippen LogP contribution is -2.54. The molecule has 2 aromatic rings. The average Bonchev–Trinajstić information content (AvgIpc) is 3.35. The van der Waals surface area contributed by atoms with Crippen LogP contribution in [0.4, 0.5) is 11.8 Å². The largest absolute Gasteiger partial charge is 0.454 e. The number of esters is 1. The Morgan fingerprint density at radius 1 is 1.29 bits per heavy atom. The van der Waals surface area contributed by atoms with Crippen LogP contribution in [-0.4, -0.2) is 83.0 Å². The summed E-state index contributed by atoms with van der Waals surface area (Å²) in [6.45, 7) is 2.83. The highest BCUT2D eigenvalue weighted by Crippen LogP contribution is 2.36. The van der Waals surface area contributed by atoms with Gasteiger partial charge in [0.1, 0.15) is 23.8 Å². The maximum Gasteiger partial charge on any atom is 0.358 e. The SMILES string of the molecule is CN(c1nc(N2CC(OC(=O)c3cn(C)cn3)C2)nc2c1[S+](C)CC2)C1CCOCC1. The van der Waals surface area contributed by atoms with E-state index in [2.05, 4.69) is 28.1 Å². The molecule has 9 nitrogen and oxygen atoms in total. The van der Waals surface area contributed by atoms with Gasteiger partial charge in [0.25, 0.3) is 0 Å². The summed E-state index contributed by atoms with van der Waals surface area (Å²) in [5, 5.41) is 0. The van der Waals surface area contributed by atoms with Gasteiger partial charge in [0.05, 0.1) is 19.4 Å². The zero-order valence-electron chi connectivity index (χ0n) is 18.3. The van der Waals surface area contributed by atoms with Gasteiger partial charge in [-0.1, -0.05) is 0 Å². The molecule has 10 heteroatoms. The summed E-state index contributed by atoms with van der Waals surface area (Å²) in [4.78, 5) is 32.0. The summed E-state index contributed by atoms with van der Waals surface area (Å²) < 4.78 is 12.9. The summed E-state index contributed by atoms with van der Waals surface area (Å²) >= 11 is 0. The first kappa shape index (κ1) is 20.6. The van der Waals surface area contributed by atoms with Gasteiger partial charge in [-0.15, -0.1) is 0 Å². The van der Waals surface area contributed by atoms with Crippen LogP contribution >= 0.6 is 0 Å². The lowest BCUT2D eigenvalue weighted by molar-refractivity contribution is 0.0225. The molecular formula is C21H29N6O3S+. The second-order valence-corrected chi connectivity index (χ2v) is 10.6. The highest BCUT2D eigenvalue weighted by Gasteiger charge is 2.40. The fourth-order valence-corrected chi connectivity index (χ4v) is 6.14. The number of imidazole rings is 1. The number of aromatic nitrogens is 4. The van der Waals surface area contributed by atoms with E-state index >= 15 is 0 Å². The van der Waals surface area contributed by atoms with Gasteiger partial charge in [-0.25, -0.2) is 14.8 Å². The predicted molar refractivity (Wildman–Crippen MR) is 119 cm³/mol. The Morgan fingerprint density at radius 2 is 2.06 bits per heavy atom. The van der Waals surface area contributed by atoms with Crippen LogP contribution in [0.25, 0.3) is 0 Å². The van der Waals surface area contributed by atoms with E-state index in [0.29, 0.717) is 24.8 Å². The second kappa shape index (κ2) is 8.31. The second-order valence-electron chi connectivity index (χ2n) is 8.53. The third kappa shape index (κ3) is 3.98. The monoisotopic (exact) mass is 445 g/mol. The van der Waals surface area contributed by atoms with Crippen LogP contribution in [-0.2, 0) is 33.8 Å². The lowest BCUT2D eigenvalue weighted by Gasteiger charge is -2.39. The minimum Gasteiger partial charge on any atom is -0.454 e. The molecule has 0 N–H and O–H groups in total. The lowest BCUT2D eigenvalue weighted by atomic mass is 10.1. The van der Waals surface area contributed by atoms with Crippen LogP contribution in [0.15, 0.2) is 17.4 Å². The molecule has 0 aliphatic carbocycles. The van der Waals surface area contributed by atoms with Gasteiger partial charge in [0, 0.05) is 56.9 Å². The van der Waals surface area contributed by atoms with Crippen LogP contribution in [0.5, 0.6) is 0 Å². The van der Waals surface area contributed by atoms with Crippen molar-refractivity contribution in [3.63, 3.8) is 0 Å². The van der Waals surface area contributed by atoms with Crippen molar-refractivity contribution >= 4 is 28.6 Å². The number of rotatable bonds is 5. The summed E-state index contributed by atoms with van der Waals surface area (Å²) in [6, 6.07) is 0.446. The molecule has 1 atom stereocenters. The molecule has 166 valence electrons. The molecule has 1 unspecified atom stereocenters. The Hall–Kier alpha value is -2.33. The van der Waals surface area contributed by atoms with Gasteiger partial charge in [-0.05, 0) is 12.8 Å². The molecule has 0 amide bonds. The number of fused-ring (bicyclic) bond motifs is 1. The molecule has 5 heterocycles. The molecule has 5 rings (SSSR count). The molecule has 3 aliphatic rings. The van der Waals surface area contributed by atoms with Gasteiger partial charge in [0.15, 0.2) is 11.5 Å². The maximum atomic E-state index is 12.2. The molecule has 0 spiro atoms. The van der Waals surface area contributed by atoms with E-state index < -0.39 is 0 Å². The van der Waals surface area contributed by atoms with Gasteiger partial charge < -0.3 is 23.8 Å². The molecule has 2 fully saturated rings. The molecule has 2 aromatic heterocycles. The van der Waals surface area contributed by atoms with Crippen LogP contribution in [0, 0.1) is 0 Å². The smallest absolute Gasteiger partial charge is 0.358 e. The zero-order chi connectivity index (χ0) is 21.5. The average molecular weight is 446 g/mol. The van der Waals surface area contributed by atoms with E-state index in [9.17, 15) is 4.79 Å². The van der Waals surface area contributed by atoms with Crippen LogP contribution in [0.3, 0.4) is 0 Å². The summed E-state index contributed by atoms with van der Waals surface area (Å²) in [6.07, 6.45) is 8.46. The quantitative estimate of drug-likeness (QED) is 0.498. The number of hydrogen-bond donors (Lipinski definition) is 0. The summed E-state index contributed by atoms with van der Waals surface area (Å²) in [5.41, 5.74) is 1.52. The Balaban J connectivity index is 1.31. The molecule has 3 aliphatic heterocycles. The van der Waals surface area contributed by atoms with Crippen molar-refractivity contribution in [3.8, 4) is 0 Å². The number of aryl methyl sites for hydroxylation is 2. The van der Waals surface area contributed by atoms with Crippen LogP contribution in [0.1, 0.15) is 29.0 Å². The van der Waals surface area contributed by atoms with Crippen LogP contribution in [0.2, 0.25) is 0 Å². The van der Waals surface area contributed by atoms with Gasteiger partial charge in [0.2, 0.25) is 10.8 Å². The topological polar surface area (TPSA) is 85.6 Å². The van der Waals surface area contributed by atoms with E-state index in [1.54, 1.807) is 17.1 Å². The van der Waals surface area contributed by atoms with Crippen molar-refractivity contribution in [2.45, 2.75) is 36.3 Å². The minimum absolute atomic E-state index is 0.163. The summed E-state index contributed by atoms with van der Waals surface area (Å²) in [5.74, 6) is 2.59. The normalized spacial score (nSPS) is 21.6. The predicted octanol–water partition coefficient (Wildman–Crippen LogP) is 1.03. The van der Waals surface area contributed by atoms with E-state index in [1.807, 2.05) is 7.05 Å².